The van der Waals surface area contributed by atoms with Gasteiger partial charge in [0.25, 0.3) is 5.91 Å². The normalized spacial score (nSPS) is 17.5. The molecule has 1 atom stereocenters. The summed E-state index contributed by atoms with van der Waals surface area (Å²) in [6.07, 6.45) is 2.28. The van der Waals surface area contributed by atoms with E-state index in [9.17, 15) is 4.79 Å². The van der Waals surface area contributed by atoms with Crippen molar-refractivity contribution in [1.82, 2.24) is 10.2 Å². The first-order chi connectivity index (χ1) is 13.7. The number of rotatable bonds is 6. The van der Waals surface area contributed by atoms with E-state index in [0.717, 1.165) is 61.0 Å². The molecular weight excluding hydrogens is 392 g/mol. The minimum atomic E-state index is 0.0301. The number of carbonyl (C=O) groups is 1. The van der Waals surface area contributed by atoms with E-state index in [1.807, 2.05) is 53.9 Å². The lowest BCUT2D eigenvalue weighted by Gasteiger charge is -2.32. The quantitative estimate of drug-likeness (QED) is 0.595. The summed E-state index contributed by atoms with van der Waals surface area (Å²) in [5.74, 6) is 2.24. The van der Waals surface area contributed by atoms with Crippen LogP contribution in [0.5, 0.6) is 0 Å². The molecule has 1 aliphatic heterocycles. The Morgan fingerprint density at radius 2 is 2.11 bits per heavy atom. The van der Waals surface area contributed by atoms with Gasteiger partial charge >= 0.3 is 0 Å². The molecular formula is C22H23ClN2O2S. The Labute approximate surface area is 174 Å². The average Bonchev–Trinajstić information content (AvgIpc) is 3.39. The number of furan rings is 1. The predicted molar refractivity (Wildman–Crippen MR) is 114 cm³/mol. The molecule has 0 aliphatic carbocycles. The van der Waals surface area contributed by atoms with E-state index >= 15 is 0 Å². The summed E-state index contributed by atoms with van der Waals surface area (Å²) in [7, 11) is 0. The van der Waals surface area contributed by atoms with Crippen LogP contribution in [0, 0.1) is 5.92 Å². The topological polar surface area (TPSA) is 45.5 Å². The maximum Gasteiger partial charge on any atom is 0.261 e. The lowest BCUT2D eigenvalue weighted by molar-refractivity contribution is 0.0932. The maximum atomic E-state index is 12.1. The van der Waals surface area contributed by atoms with Gasteiger partial charge in [0.1, 0.15) is 11.5 Å². The van der Waals surface area contributed by atoms with Crippen LogP contribution in [-0.4, -0.2) is 30.4 Å². The molecule has 146 valence electrons. The van der Waals surface area contributed by atoms with Gasteiger partial charge in [0, 0.05) is 18.7 Å². The fraction of sp³-hybridized carbons (Fsp3) is 0.318. The highest BCUT2D eigenvalue weighted by Crippen LogP contribution is 2.29. The van der Waals surface area contributed by atoms with Gasteiger partial charge in [-0.25, -0.2) is 0 Å². The van der Waals surface area contributed by atoms with E-state index in [1.165, 1.54) is 11.3 Å². The Morgan fingerprint density at radius 1 is 1.21 bits per heavy atom. The number of thiophene rings is 1. The third-order valence-electron chi connectivity index (χ3n) is 5.08. The molecule has 0 bridgehead atoms. The standard InChI is InChI=1S/C22H23ClN2O2S/c23-19-7-2-1-6-18(19)20-10-9-17(27-20)15-25-11-3-5-16(14-25)13-24-22(26)21-8-4-12-28-21/h1-2,4,6-10,12,16H,3,5,11,13-15H2,(H,24,26)/t16-/m0/s1. The SMILES string of the molecule is O=C(NC[C@@H]1CCCN(Cc2ccc(-c3ccccc3Cl)o2)C1)c1cccs1. The molecule has 1 amide bonds. The summed E-state index contributed by atoms with van der Waals surface area (Å²) >= 11 is 7.75. The Balaban J connectivity index is 1.32. The molecule has 1 fully saturated rings. The fourth-order valence-electron chi connectivity index (χ4n) is 3.68. The largest absolute Gasteiger partial charge is 0.460 e. The average molecular weight is 415 g/mol. The second kappa shape index (κ2) is 8.95. The highest BCUT2D eigenvalue weighted by atomic mass is 35.5. The maximum absolute atomic E-state index is 12.1. The van der Waals surface area contributed by atoms with Crippen LogP contribution in [0.15, 0.2) is 58.3 Å². The van der Waals surface area contributed by atoms with Crippen LogP contribution in [0.3, 0.4) is 0 Å². The van der Waals surface area contributed by atoms with E-state index in [-0.39, 0.29) is 5.91 Å². The second-order valence-corrected chi connectivity index (χ2v) is 8.53. The molecule has 2 aromatic heterocycles. The number of benzene rings is 1. The van der Waals surface area contributed by atoms with Gasteiger partial charge in [0.15, 0.2) is 0 Å². The number of hydrogen-bond acceptors (Lipinski definition) is 4. The van der Waals surface area contributed by atoms with Crippen LogP contribution < -0.4 is 5.32 Å². The van der Waals surface area contributed by atoms with Gasteiger partial charge < -0.3 is 9.73 Å². The minimum absolute atomic E-state index is 0.0301. The molecule has 3 heterocycles. The predicted octanol–water partition coefficient (Wildman–Crippen LogP) is 5.30. The number of carbonyl (C=O) groups excluding carboxylic acids is 1. The Bertz CT molecular complexity index is 922. The van der Waals surface area contributed by atoms with Gasteiger partial charge in [-0.15, -0.1) is 11.3 Å². The molecule has 6 heteroatoms. The highest BCUT2D eigenvalue weighted by Gasteiger charge is 2.22. The Morgan fingerprint density at radius 3 is 2.93 bits per heavy atom. The first-order valence-electron chi connectivity index (χ1n) is 9.57. The van der Waals surface area contributed by atoms with Gasteiger partial charge in [0.2, 0.25) is 0 Å². The van der Waals surface area contributed by atoms with E-state index in [2.05, 4.69) is 10.2 Å². The van der Waals surface area contributed by atoms with Crippen molar-refractivity contribution < 1.29 is 9.21 Å². The molecule has 1 saturated heterocycles. The molecule has 4 nitrogen and oxygen atoms in total. The monoisotopic (exact) mass is 414 g/mol. The van der Waals surface area contributed by atoms with Crippen molar-refractivity contribution in [2.24, 2.45) is 5.92 Å². The lowest BCUT2D eigenvalue weighted by atomic mass is 9.98. The lowest BCUT2D eigenvalue weighted by Crippen LogP contribution is -2.40. The van der Waals surface area contributed by atoms with Crippen molar-refractivity contribution in [3.63, 3.8) is 0 Å². The smallest absolute Gasteiger partial charge is 0.261 e. The highest BCUT2D eigenvalue weighted by molar-refractivity contribution is 7.12. The number of likely N-dealkylation sites (tertiary alicyclic amines) is 1. The summed E-state index contributed by atoms with van der Waals surface area (Å²) in [6.45, 7) is 3.51. The fourth-order valence-corrected chi connectivity index (χ4v) is 4.55. The van der Waals surface area contributed by atoms with Gasteiger partial charge in [-0.3, -0.25) is 9.69 Å². The second-order valence-electron chi connectivity index (χ2n) is 7.18. The van der Waals surface area contributed by atoms with Crippen LogP contribution in [0.4, 0.5) is 0 Å². The van der Waals surface area contributed by atoms with Gasteiger partial charge in [0.05, 0.1) is 16.4 Å². The van der Waals surface area contributed by atoms with E-state index in [1.54, 1.807) is 0 Å². The molecule has 1 aromatic carbocycles. The molecule has 1 N–H and O–H groups in total. The van der Waals surface area contributed by atoms with E-state index < -0.39 is 0 Å². The number of nitrogens with zero attached hydrogens (tertiary/aromatic N) is 1. The molecule has 28 heavy (non-hydrogen) atoms. The van der Waals surface area contributed by atoms with E-state index in [4.69, 9.17) is 16.0 Å². The Hall–Kier alpha value is -2.08. The van der Waals surface area contributed by atoms with Crippen LogP contribution in [-0.2, 0) is 6.54 Å². The Kier molecular flexibility index (Phi) is 6.15. The summed E-state index contributed by atoms with van der Waals surface area (Å²) in [5, 5.41) is 5.70. The molecule has 1 aliphatic rings. The van der Waals surface area contributed by atoms with Crippen molar-refractivity contribution in [3.05, 3.63) is 69.6 Å². The van der Waals surface area contributed by atoms with Crippen LogP contribution >= 0.6 is 22.9 Å². The van der Waals surface area contributed by atoms with Crippen molar-refractivity contribution in [2.75, 3.05) is 19.6 Å². The molecule has 0 saturated carbocycles. The van der Waals surface area contributed by atoms with Crippen LogP contribution in [0.1, 0.15) is 28.3 Å². The molecule has 0 unspecified atom stereocenters. The third kappa shape index (κ3) is 4.66. The number of piperidine rings is 1. The van der Waals surface area contributed by atoms with Crippen molar-refractivity contribution in [1.29, 1.82) is 0 Å². The number of hydrogen-bond donors (Lipinski definition) is 1. The first kappa shape index (κ1) is 19.2. The third-order valence-corrected chi connectivity index (χ3v) is 6.28. The van der Waals surface area contributed by atoms with Crippen molar-refractivity contribution in [3.8, 4) is 11.3 Å². The summed E-state index contributed by atoms with van der Waals surface area (Å²) in [4.78, 5) is 15.3. The van der Waals surface area contributed by atoms with Gasteiger partial charge in [-0.05, 0) is 61.0 Å². The van der Waals surface area contributed by atoms with Gasteiger partial charge in [-0.2, -0.15) is 0 Å². The van der Waals surface area contributed by atoms with Crippen molar-refractivity contribution >= 4 is 28.8 Å². The number of amides is 1. The number of halogens is 1. The summed E-state index contributed by atoms with van der Waals surface area (Å²) in [5.41, 5.74) is 0.920. The zero-order valence-electron chi connectivity index (χ0n) is 15.6. The van der Waals surface area contributed by atoms with Crippen LogP contribution in [0.25, 0.3) is 11.3 Å². The number of nitrogens with one attached hydrogen (secondary N) is 1. The molecule has 4 rings (SSSR count). The van der Waals surface area contributed by atoms with E-state index in [0.29, 0.717) is 10.9 Å². The first-order valence-corrected chi connectivity index (χ1v) is 10.8. The van der Waals surface area contributed by atoms with Crippen LogP contribution in [0.2, 0.25) is 5.02 Å². The minimum Gasteiger partial charge on any atom is -0.460 e. The summed E-state index contributed by atoms with van der Waals surface area (Å²) in [6, 6.07) is 15.5. The van der Waals surface area contributed by atoms with Gasteiger partial charge in [-0.1, -0.05) is 29.8 Å². The summed E-state index contributed by atoms with van der Waals surface area (Å²) < 4.78 is 6.04. The molecule has 0 radical (unpaired) electrons. The van der Waals surface area contributed by atoms with Crippen molar-refractivity contribution in [2.45, 2.75) is 19.4 Å². The molecule has 3 aromatic rings. The zero-order valence-corrected chi connectivity index (χ0v) is 17.1. The molecule has 0 spiro atoms. The zero-order chi connectivity index (χ0) is 19.3.